The molecule has 2 rings (SSSR count). The summed E-state index contributed by atoms with van der Waals surface area (Å²) in [6.07, 6.45) is 0.799. The van der Waals surface area contributed by atoms with E-state index in [1.165, 1.54) is 0 Å². The van der Waals surface area contributed by atoms with Gasteiger partial charge in [-0.2, -0.15) is 5.10 Å². The minimum Gasteiger partial charge on any atom is -0.397 e. The highest BCUT2D eigenvalue weighted by Gasteiger charge is 2.13. The molecule has 1 aromatic heterocycles. The standard InChI is InChI=1S/C14H18N4O/c1-4-10-8-13(18(3)17-10)14(19)16-12-7-9(2)5-6-11(12)15/h5-8H,4,15H2,1-3H3,(H,16,19). The molecule has 1 aromatic carbocycles. The monoisotopic (exact) mass is 258 g/mol. The van der Waals surface area contributed by atoms with Gasteiger partial charge in [0.2, 0.25) is 0 Å². The average molecular weight is 258 g/mol. The first-order valence-electron chi connectivity index (χ1n) is 6.21. The normalized spacial score (nSPS) is 10.5. The van der Waals surface area contributed by atoms with Crippen LogP contribution in [0.4, 0.5) is 11.4 Å². The Morgan fingerprint density at radius 1 is 1.42 bits per heavy atom. The third-order valence-electron chi connectivity index (χ3n) is 2.98. The first-order chi connectivity index (χ1) is 9.01. The summed E-state index contributed by atoms with van der Waals surface area (Å²) in [5, 5.41) is 7.08. The molecular weight excluding hydrogens is 240 g/mol. The second-order valence-electron chi connectivity index (χ2n) is 4.54. The van der Waals surface area contributed by atoms with Crippen LogP contribution in [0, 0.1) is 6.92 Å². The number of amides is 1. The number of aryl methyl sites for hydroxylation is 3. The van der Waals surface area contributed by atoms with Crippen molar-refractivity contribution in [1.82, 2.24) is 9.78 Å². The molecule has 0 fully saturated rings. The van der Waals surface area contributed by atoms with E-state index in [4.69, 9.17) is 5.73 Å². The Bertz CT molecular complexity index is 616. The lowest BCUT2D eigenvalue weighted by Gasteiger charge is -2.09. The highest BCUT2D eigenvalue weighted by molar-refractivity contribution is 6.04. The van der Waals surface area contributed by atoms with E-state index in [1.807, 2.05) is 26.0 Å². The Kier molecular flexibility index (Phi) is 3.55. The van der Waals surface area contributed by atoms with Crippen LogP contribution < -0.4 is 11.1 Å². The van der Waals surface area contributed by atoms with Gasteiger partial charge < -0.3 is 11.1 Å². The SMILES string of the molecule is CCc1cc(C(=O)Nc2cc(C)ccc2N)n(C)n1. The summed E-state index contributed by atoms with van der Waals surface area (Å²) in [7, 11) is 1.76. The molecule has 0 unspecified atom stereocenters. The van der Waals surface area contributed by atoms with Crippen LogP contribution in [-0.2, 0) is 13.5 Å². The van der Waals surface area contributed by atoms with Crippen molar-refractivity contribution in [2.75, 3.05) is 11.1 Å². The van der Waals surface area contributed by atoms with Gasteiger partial charge in [0, 0.05) is 7.05 Å². The summed E-state index contributed by atoms with van der Waals surface area (Å²) in [5.41, 5.74) is 9.49. The van der Waals surface area contributed by atoms with Gasteiger partial charge in [-0.25, -0.2) is 0 Å². The van der Waals surface area contributed by atoms with Gasteiger partial charge in [0.15, 0.2) is 0 Å². The number of hydrogen-bond acceptors (Lipinski definition) is 3. The van der Waals surface area contributed by atoms with Gasteiger partial charge in [-0.15, -0.1) is 0 Å². The van der Waals surface area contributed by atoms with Crippen LogP contribution in [-0.4, -0.2) is 15.7 Å². The number of anilines is 2. The van der Waals surface area contributed by atoms with E-state index < -0.39 is 0 Å². The van der Waals surface area contributed by atoms with Crippen molar-refractivity contribution in [3.63, 3.8) is 0 Å². The van der Waals surface area contributed by atoms with Gasteiger partial charge in [0.1, 0.15) is 5.69 Å². The molecule has 100 valence electrons. The molecule has 0 saturated carbocycles. The Labute approximate surface area is 112 Å². The maximum absolute atomic E-state index is 12.2. The van der Waals surface area contributed by atoms with E-state index in [-0.39, 0.29) is 5.91 Å². The molecule has 0 bridgehead atoms. The number of nitrogens with two attached hydrogens (primary N) is 1. The molecule has 19 heavy (non-hydrogen) atoms. The van der Waals surface area contributed by atoms with Crippen molar-refractivity contribution in [2.45, 2.75) is 20.3 Å². The largest absolute Gasteiger partial charge is 0.397 e. The number of carbonyl (C=O) groups is 1. The number of carbonyl (C=O) groups excluding carboxylic acids is 1. The molecular formula is C14H18N4O. The lowest BCUT2D eigenvalue weighted by atomic mass is 10.2. The highest BCUT2D eigenvalue weighted by Crippen LogP contribution is 2.20. The molecule has 5 nitrogen and oxygen atoms in total. The Balaban J connectivity index is 2.25. The molecule has 0 saturated heterocycles. The number of nitrogens with zero attached hydrogens (tertiary/aromatic N) is 2. The molecule has 0 aliphatic heterocycles. The molecule has 0 aliphatic rings. The number of aromatic nitrogens is 2. The zero-order valence-corrected chi connectivity index (χ0v) is 11.4. The molecule has 0 radical (unpaired) electrons. The fourth-order valence-corrected chi connectivity index (χ4v) is 1.88. The van der Waals surface area contributed by atoms with Gasteiger partial charge in [0.25, 0.3) is 5.91 Å². The zero-order valence-electron chi connectivity index (χ0n) is 11.4. The van der Waals surface area contributed by atoms with Gasteiger partial charge in [0.05, 0.1) is 17.1 Å². The first kappa shape index (κ1) is 13.1. The lowest BCUT2D eigenvalue weighted by Crippen LogP contribution is -2.17. The van der Waals surface area contributed by atoms with Crippen LogP contribution in [0.25, 0.3) is 0 Å². The van der Waals surface area contributed by atoms with E-state index in [2.05, 4.69) is 10.4 Å². The third kappa shape index (κ3) is 2.76. The van der Waals surface area contributed by atoms with Crippen LogP contribution in [0.15, 0.2) is 24.3 Å². The van der Waals surface area contributed by atoms with Crippen LogP contribution >= 0.6 is 0 Å². The predicted octanol–water partition coefficient (Wildman–Crippen LogP) is 2.13. The smallest absolute Gasteiger partial charge is 0.273 e. The summed E-state index contributed by atoms with van der Waals surface area (Å²) < 4.78 is 1.58. The van der Waals surface area contributed by atoms with Crippen molar-refractivity contribution in [3.8, 4) is 0 Å². The van der Waals surface area contributed by atoms with E-state index in [0.29, 0.717) is 17.1 Å². The van der Waals surface area contributed by atoms with Gasteiger partial charge in [-0.3, -0.25) is 9.48 Å². The van der Waals surface area contributed by atoms with Gasteiger partial charge in [-0.05, 0) is 37.1 Å². The number of nitrogens with one attached hydrogen (secondary N) is 1. The van der Waals surface area contributed by atoms with E-state index in [9.17, 15) is 4.79 Å². The van der Waals surface area contributed by atoms with Crippen molar-refractivity contribution >= 4 is 17.3 Å². The summed E-state index contributed by atoms with van der Waals surface area (Å²) in [6.45, 7) is 3.96. The van der Waals surface area contributed by atoms with Gasteiger partial charge in [-0.1, -0.05) is 13.0 Å². The van der Waals surface area contributed by atoms with Gasteiger partial charge >= 0.3 is 0 Å². The number of nitrogen functional groups attached to an aromatic ring is 1. The fourth-order valence-electron chi connectivity index (χ4n) is 1.88. The van der Waals surface area contributed by atoms with E-state index >= 15 is 0 Å². The second-order valence-corrected chi connectivity index (χ2v) is 4.54. The molecule has 0 spiro atoms. The van der Waals surface area contributed by atoms with Crippen molar-refractivity contribution in [1.29, 1.82) is 0 Å². The fraction of sp³-hybridized carbons (Fsp3) is 0.286. The highest BCUT2D eigenvalue weighted by atomic mass is 16.2. The molecule has 1 heterocycles. The summed E-state index contributed by atoms with van der Waals surface area (Å²) in [4.78, 5) is 12.2. The molecule has 2 aromatic rings. The van der Waals surface area contributed by atoms with Crippen LogP contribution in [0.2, 0.25) is 0 Å². The Morgan fingerprint density at radius 3 is 2.79 bits per heavy atom. The number of hydrogen-bond donors (Lipinski definition) is 2. The molecule has 0 atom stereocenters. The predicted molar refractivity (Wildman–Crippen MR) is 76.1 cm³/mol. The Morgan fingerprint density at radius 2 is 2.16 bits per heavy atom. The lowest BCUT2D eigenvalue weighted by molar-refractivity contribution is 0.101. The zero-order chi connectivity index (χ0) is 14.0. The summed E-state index contributed by atoms with van der Waals surface area (Å²) >= 11 is 0. The van der Waals surface area contributed by atoms with E-state index in [1.54, 1.807) is 23.9 Å². The average Bonchev–Trinajstić information content (AvgIpc) is 2.75. The summed E-state index contributed by atoms with van der Waals surface area (Å²) in [6, 6.07) is 7.33. The third-order valence-corrected chi connectivity index (χ3v) is 2.98. The van der Waals surface area contributed by atoms with Crippen molar-refractivity contribution in [3.05, 3.63) is 41.2 Å². The molecule has 1 amide bonds. The molecule has 5 heteroatoms. The molecule has 0 aliphatic carbocycles. The van der Waals surface area contributed by atoms with E-state index in [0.717, 1.165) is 17.7 Å². The maximum atomic E-state index is 12.2. The topological polar surface area (TPSA) is 72.9 Å². The van der Waals surface area contributed by atoms with Crippen molar-refractivity contribution in [2.24, 2.45) is 7.05 Å². The Hall–Kier alpha value is -2.30. The minimum absolute atomic E-state index is 0.202. The second kappa shape index (κ2) is 5.14. The first-order valence-corrected chi connectivity index (χ1v) is 6.21. The van der Waals surface area contributed by atoms with Crippen LogP contribution in [0.1, 0.15) is 28.7 Å². The number of benzene rings is 1. The maximum Gasteiger partial charge on any atom is 0.273 e. The number of rotatable bonds is 3. The summed E-state index contributed by atoms with van der Waals surface area (Å²) in [5.74, 6) is -0.202. The minimum atomic E-state index is -0.202. The van der Waals surface area contributed by atoms with Crippen LogP contribution in [0.5, 0.6) is 0 Å². The van der Waals surface area contributed by atoms with Crippen LogP contribution in [0.3, 0.4) is 0 Å². The molecule has 3 N–H and O–H groups in total. The quantitative estimate of drug-likeness (QED) is 0.828. The van der Waals surface area contributed by atoms with Crippen molar-refractivity contribution < 1.29 is 4.79 Å².